The molecule has 1 heterocycles. The number of hydrogen-bond donors (Lipinski definition) is 0. The minimum atomic E-state index is -0.372. The van der Waals surface area contributed by atoms with E-state index >= 15 is 0 Å². The molecule has 0 aliphatic carbocycles. The molecule has 0 aromatic heterocycles. The average Bonchev–Trinajstić information content (AvgIpc) is 2.57. The highest BCUT2D eigenvalue weighted by molar-refractivity contribution is 8.03. The van der Waals surface area contributed by atoms with Gasteiger partial charge in [0.2, 0.25) is 0 Å². The standard InChI is InChI=1S/C10H9ClFNS/c1-7-5-13(6-14-7)8-2-3-10(12)9(11)4-8/h2-5H,6H2,1H3. The van der Waals surface area contributed by atoms with Crippen LogP contribution in [0.15, 0.2) is 29.3 Å². The lowest BCUT2D eigenvalue weighted by molar-refractivity contribution is 0.628. The van der Waals surface area contributed by atoms with Gasteiger partial charge in [0.05, 0.1) is 10.9 Å². The average molecular weight is 230 g/mol. The zero-order chi connectivity index (χ0) is 10.1. The quantitative estimate of drug-likeness (QED) is 0.720. The molecule has 0 unspecified atom stereocenters. The smallest absolute Gasteiger partial charge is 0.141 e. The summed E-state index contributed by atoms with van der Waals surface area (Å²) in [5.41, 5.74) is 0.931. The predicted molar refractivity (Wildman–Crippen MR) is 60.1 cm³/mol. The Morgan fingerprint density at radius 2 is 2.29 bits per heavy atom. The third-order valence-corrected chi connectivity index (χ3v) is 3.26. The molecule has 2 rings (SSSR count). The normalized spacial score (nSPS) is 15.9. The second kappa shape index (κ2) is 3.83. The van der Waals surface area contributed by atoms with E-state index in [0.29, 0.717) is 0 Å². The molecule has 0 saturated carbocycles. The summed E-state index contributed by atoms with van der Waals surface area (Å²) in [4.78, 5) is 3.30. The summed E-state index contributed by atoms with van der Waals surface area (Å²) in [7, 11) is 0. The first-order chi connectivity index (χ1) is 6.66. The van der Waals surface area contributed by atoms with E-state index in [1.54, 1.807) is 23.9 Å². The van der Waals surface area contributed by atoms with Crippen molar-refractivity contribution in [2.24, 2.45) is 0 Å². The first-order valence-electron chi connectivity index (χ1n) is 4.20. The number of halogens is 2. The fourth-order valence-electron chi connectivity index (χ4n) is 1.28. The van der Waals surface area contributed by atoms with E-state index in [-0.39, 0.29) is 10.8 Å². The van der Waals surface area contributed by atoms with Crippen molar-refractivity contribution in [2.75, 3.05) is 10.8 Å². The number of nitrogens with zero attached hydrogens (tertiary/aromatic N) is 1. The minimum absolute atomic E-state index is 0.172. The summed E-state index contributed by atoms with van der Waals surface area (Å²) in [6, 6.07) is 4.77. The van der Waals surface area contributed by atoms with E-state index in [9.17, 15) is 4.39 Å². The highest BCUT2D eigenvalue weighted by Crippen LogP contribution is 2.31. The minimum Gasteiger partial charge on any atom is -0.337 e. The number of allylic oxidation sites excluding steroid dienone is 1. The Labute approximate surface area is 91.5 Å². The Morgan fingerprint density at radius 1 is 1.50 bits per heavy atom. The van der Waals surface area contributed by atoms with Gasteiger partial charge in [-0.25, -0.2) is 4.39 Å². The van der Waals surface area contributed by atoms with Gasteiger partial charge in [0.1, 0.15) is 5.82 Å². The Kier molecular flexibility index (Phi) is 2.70. The number of thioether (sulfide) groups is 1. The Hall–Kier alpha value is -0.670. The van der Waals surface area contributed by atoms with Crippen molar-refractivity contribution in [3.05, 3.63) is 40.1 Å². The number of benzene rings is 1. The molecule has 0 N–H and O–H groups in total. The molecule has 1 aliphatic rings. The zero-order valence-electron chi connectivity index (χ0n) is 7.63. The molecule has 4 heteroatoms. The van der Waals surface area contributed by atoms with Gasteiger partial charge < -0.3 is 4.90 Å². The van der Waals surface area contributed by atoms with E-state index in [1.807, 2.05) is 11.1 Å². The van der Waals surface area contributed by atoms with Gasteiger partial charge in [0, 0.05) is 11.9 Å². The lowest BCUT2D eigenvalue weighted by Crippen LogP contribution is -2.10. The Morgan fingerprint density at radius 3 is 2.86 bits per heavy atom. The fraction of sp³-hybridized carbons (Fsp3) is 0.200. The monoisotopic (exact) mass is 229 g/mol. The van der Waals surface area contributed by atoms with Crippen molar-refractivity contribution >= 4 is 29.1 Å². The highest BCUT2D eigenvalue weighted by atomic mass is 35.5. The van der Waals surface area contributed by atoms with Crippen molar-refractivity contribution in [2.45, 2.75) is 6.92 Å². The number of rotatable bonds is 1. The van der Waals surface area contributed by atoms with E-state index in [1.165, 1.54) is 11.0 Å². The molecule has 0 atom stereocenters. The molecule has 1 aromatic rings. The largest absolute Gasteiger partial charge is 0.337 e. The molecule has 14 heavy (non-hydrogen) atoms. The zero-order valence-corrected chi connectivity index (χ0v) is 9.20. The van der Waals surface area contributed by atoms with Gasteiger partial charge in [-0.05, 0) is 30.0 Å². The molecule has 1 nitrogen and oxygen atoms in total. The van der Waals surface area contributed by atoms with Crippen molar-refractivity contribution in [1.29, 1.82) is 0 Å². The van der Waals surface area contributed by atoms with Crippen LogP contribution >= 0.6 is 23.4 Å². The third kappa shape index (κ3) is 1.88. The lowest BCUT2D eigenvalue weighted by Gasteiger charge is -2.14. The first-order valence-corrected chi connectivity index (χ1v) is 5.56. The first kappa shape index (κ1) is 9.87. The second-order valence-corrected chi connectivity index (χ2v) is 4.68. The molecule has 0 radical (unpaired) electrons. The highest BCUT2D eigenvalue weighted by Gasteiger charge is 2.12. The summed E-state index contributed by atoms with van der Waals surface area (Å²) < 4.78 is 12.9. The maximum atomic E-state index is 12.9. The molecule has 74 valence electrons. The summed E-state index contributed by atoms with van der Waals surface area (Å²) in [5.74, 6) is 0.497. The Bertz CT molecular complexity index is 392. The molecular formula is C10H9ClFNS. The second-order valence-electron chi connectivity index (χ2n) is 3.08. The van der Waals surface area contributed by atoms with Crippen LogP contribution in [-0.4, -0.2) is 5.88 Å². The van der Waals surface area contributed by atoms with Crippen LogP contribution in [0.5, 0.6) is 0 Å². The van der Waals surface area contributed by atoms with Crippen molar-refractivity contribution in [3.8, 4) is 0 Å². The third-order valence-electron chi connectivity index (χ3n) is 2.00. The summed E-state index contributed by atoms with van der Waals surface area (Å²) in [6.07, 6.45) is 2.04. The molecule has 0 bridgehead atoms. The lowest BCUT2D eigenvalue weighted by atomic mass is 10.3. The summed E-state index contributed by atoms with van der Waals surface area (Å²) in [5, 5.41) is 0.172. The van der Waals surface area contributed by atoms with E-state index in [0.717, 1.165) is 11.6 Å². The molecule has 0 amide bonds. The van der Waals surface area contributed by atoms with Gasteiger partial charge in [0.25, 0.3) is 0 Å². The molecule has 0 saturated heterocycles. The maximum absolute atomic E-state index is 12.9. The van der Waals surface area contributed by atoms with E-state index in [4.69, 9.17) is 11.6 Å². The molecular weight excluding hydrogens is 221 g/mol. The summed E-state index contributed by atoms with van der Waals surface area (Å²) in [6.45, 7) is 2.05. The topological polar surface area (TPSA) is 3.24 Å². The van der Waals surface area contributed by atoms with Crippen LogP contribution in [0.1, 0.15) is 6.92 Å². The van der Waals surface area contributed by atoms with E-state index < -0.39 is 0 Å². The van der Waals surface area contributed by atoms with E-state index in [2.05, 4.69) is 6.92 Å². The maximum Gasteiger partial charge on any atom is 0.141 e. The SMILES string of the molecule is CC1=CN(c2ccc(F)c(Cl)c2)CS1. The molecule has 0 fully saturated rings. The molecule has 1 aliphatic heterocycles. The summed E-state index contributed by atoms with van der Waals surface area (Å²) >= 11 is 7.46. The fourth-order valence-corrected chi connectivity index (χ4v) is 2.22. The van der Waals surface area contributed by atoms with Crippen LogP contribution in [0.25, 0.3) is 0 Å². The van der Waals surface area contributed by atoms with Crippen LogP contribution in [-0.2, 0) is 0 Å². The van der Waals surface area contributed by atoms with Gasteiger partial charge >= 0.3 is 0 Å². The number of hydrogen-bond acceptors (Lipinski definition) is 2. The van der Waals surface area contributed by atoms with Gasteiger partial charge in [-0.3, -0.25) is 0 Å². The Balaban J connectivity index is 2.29. The van der Waals surface area contributed by atoms with Crippen LogP contribution in [0, 0.1) is 5.82 Å². The van der Waals surface area contributed by atoms with Gasteiger partial charge in [-0.15, -0.1) is 11.8 Å². The van der Waals surface area contributed by atoms with Crippen molar-refractivity contribution in [1.82, 2.24) is 0 Å². The van der Waals surface area contributed by atoms with Crippen molar-refractivity contribution in [3.63, 3.8) is 0 Å². The van der Waals surface area contributed by atoms with Gasteiger partial charge in [-0.1, -0.05) is 11.6 Å². The van der Waals surface area contributed by atoms with Crippen LogP contribution in [0.4, 0.5) is 10.1 Å². The van der Waals surface area contributed by atoms with Gasteiger partial charge in [0.15, 0.2) is 0 Å². The molecule has 0 spiro atoms. The van der Waals surface area contributed by atoms with Crippen LogP contribution in [0.2, 0.25) is 5.02 Å². The predicted octanol–water partition coefficient (Wildman–Crippen LogP) is 3.85. The van der Waals surface area contributed by atoms with Crippen LogP contribution < -0.4 is 4.90 Å². The van der Waals surface area contributed by atoms with Gasteiger partial charge in [-0.2, -0.15) is 0 Å². The molecule has 1 aromatic carbocycles. The number of anilines is 1. The van der Waals surface area contributed by atoms with Crippen molar-refractivity contribution < 1.29 is 4.39 Å². The van der Waals surface area contributed by atoms with Crippen LogP contribution in [0.3, 0.4) is 0 Å².